The van der Waals surface area contributed by atoms with Crippen molar-refractivity contribution in [3.8, 4) is 0 Å². The molecule has 12 heavy (non-hydrogen) atoms. The second-order valence-corrected chi connectivity index (χ2v) is 3.42. The van der Waals surface area contributed by atoms with Gasteiger partial charge in [-0.15, -0.1) is 0 Å². The zero-order valence-corrected chi connectivity index (χ0v) is 8.04. The molecular weight excluding hydrogens is 150 g/mol. The average Bonchev–Trinajstić information content (AvgIpc) is 2.26. The van der Waals surface area contributed by atoms with Crippen molar-refractivity contribution in [3.63, 3.8) is 0 Å². The molecule has 0 unspecified atom stereocenters. The van der Waals surface area contributed by atoms with Gasteiger partial charge in [0.1, 0.15) is 0 Å². The first-order chi connectivity index (χ1) is 5.59. The number of rotatable bonds is 3. The van der Waals surface area contributed by atoms with Gasteiger partial charge in [0.05, 0.1) is 5.69 Å². The summed E-state index contributed by atoms with van der Waals surface area (Å²) in [5.74, 6) is 0. The molecule has 0 spiro atoms. The maximum atomic E-state index is 5.67. The summed E-state index contributed by atoms with van der Waals surface area (Å²) < 4.78 is 1.93. The normalized spacial score (nSPS) is 13.3. The third-order valence-electron chi connectivity index (χ3n) is 1.95. The Balaban J connectivity index is 2.57. The van der Waals surface area contributed by atoms with E-state index in [1.165, 1.54) is 5.69 Å². The van der Waals surface area contributed by atoms with Gasteiger partial charge in [0.2, 0.25) is 0 Å². The summed E-state index contributed by atoms with van der Waals surface area (Å²) in [7, 11) is 1.98. The number of hydrogen-bond acceptors (Lipinski definition) is 2. The zero-order chi connectivity index (χ0) is 9.14. The lowest BCUT2D eigenvalue weighted by atomic mass is 10.1. The van der Waals surface area contributed by atoms with E-state index in [1.54, 1.807) is 0 Å². The molecule has 0 aliphatic carbocycles. The second kappa shape index (κ2) is 3.72. The molecular formula is C9H17N3. The van der Waals surface area contributed by atoms with Crippen molar-refractivity contribution in [3.05, 3.63) is 17.5 Å². The summed E-state index contributed by atoms with van der Waals surface area (Å²) in [4.78, 5) is 0. The van der Waals surface area contributed by atoms with Crippen LogP contribution in [0.4, 0.5) is 0 Å². The van der Waals surface area contributed by atoms with Gasteiger partial charge in [-0.3, -0.25) is 4.68 Å². The van der Waals surface area contributed by atoms with Crippen molar-refractivity contribution in [1.29, 1.82) is 0 Å². The Bertz CT molecular complexity index is 250. The van der Waals surface area contributed by atoms with Crippen LogP contribution in [0.1, 0.15) is 24.7 Å². The molecule has 0 radical (unpaired) electrons. The predicted molar refractivity (Wildman–Crippen MR) is 49.9 cm³/mol. The quantitative estimate of drug-likeness (QED) is 0.730. The van der Waals surface area contributed by atoms with Gasteiger partial charge >= 0.3 is 0 Å². The minimum atomic E-state index is 0.278. The molecule has 2 N–H and O–H groups in total. The van der Waals surface area contributed by atoms with E-state index in [2.05, 4.69) is 11.2 Å². The summed E-state index contributed by atoms with van der Waals surface area (Å²) in [6, 6.07) is 2.39. The molecule has 68 valence electrons. The standard InChI is InChI=1S/C9H17N3/c1-7(10)4-5-9-6-8(2)11-12(9)3/h6-7H,4-5,10H2,1-3H3/t7-/m0/s1. The van der Waals surface area contributed by atoms with E-state index in [-0.39, 0.29) is 6.04 Å². The van der Waals surface area contributed by atoms with Gasteiger partial charge in [-0.1, -0.05) is 0 Å². The number of hydrogen-bond donors (Lipinski definition) is 1. The fourth-order valence-electron chi connectivity index (χ4n) is 1.27. The van der Waals surface area contributed by atoms with Gasteiger partial charge in [-0.05, 0) is 32.8 Å². The van der Waals surface area contributed by atoms with Gasteiger partial charge in [0.15, 0.2) is 0 Å². The molecule has 1 atom stereocenters. The molecule has 3 nitrogen and oxygen atoms in total. The van der Waals surface area contributed by atoms with Crippen LogP contribution in [-0.4, -0.2) is 15.8 Å². The molecule has 3 heteroatoms. The van der Waals surface area contributed by atoms with E-state index >= 15 is 0 Å². The van der Waals surface area contributed by atoms with E-state index in [0.29, 0.717) is 0 Å². The Morgan fingerprint density at radius 1 is 1.67 bits per heavy atom. The summed E-state index contributed by atoms with van der Waals surface area (Å²) >= 11 is 0. The van der Waals surface area contributed by atoms with E-state index in [4.69, 9.17) is 5.73 Å². The number of aromatic nitrogens is 2. The van der Waals surface area contributed by atoms with Crippen LogP contribution in [0.3, 0.4) is 0 Å². The van der Waals surface area contributed by atoms with Crippen LogP contribution in [0.5, 0.6) is 0 Å². The minimum Gasteiger partial charge on any atom is -0.328 e. The Labute approximate surface area is 73.6 Å². The molecule has 0 fully saturated rings. The van der Waals surface area contributed by atoms with Crippen LogP contribution in [0.15, 0.2) is 6.07 Å². The predicted octanol–water partition coefficient (Wildman–Crippen LogP) is 1.01. The first-order valence-corrected chi connectivity index (χ1v) is 4.34. The van der Waals surface area contributed by atoms with Crippen LogP contribution in [0.2, 0.25) is 0 Å². The smallest absolute Gasteiger partial charge is 0.0596 e. The van der Waals surface area contributed by atoms with Crippen molar-refractivity contribution in [2.24, 2.45) is 12.8 Å². The van der Waals surface area contributed by atoms with Crippen molar-refractivity contribution in [1.82, 2.24) is 9.78 Å². The van der Waals surface area contributed by atoms with Gasteiger partial charge in [0, 0.05) is 18.8 Å². The van der Waals surface area contributed by atoms with Gasteiger partial charge in [0.25, 0.3) is 0 Å². The van der Waals surface area contributed by atoms with Gasteiger partial charge < -0.3 is 5.73 Å². The summed E-state index contributed by atoms with van der Waals surface area (Å²) in [5.41, 5.74) is 8.02. The SMILES string of the molecule is Cc1cc(CC[C@H](C)N)n(C)n1. The second-order valence-electron chi connectivity index (χ2n) is 3.42. The Kier molecular flexibility index (Phi) is 2.87. The molecule has 0 saturated heterocycles. The maximum Gasteiger partial charge on any atom is 0.0596 e. The Morgan fingerprint density at radius 2 is 2.33 bits per heavy atom. The lowest BCUT2D eigenvalue weighted by molar-refractivity contribution is 0.623. The Morgan fingerprint density at radius 3 is 2.75 bits per heavy atom. The van der Waals surface area contributed by atoms with E-state index in [0.717, 1.165) is 18.5 Å². The lowest BCUT2D eigenvalue weighted by Gasteiger charge is -2.04. The highest BCUT2D eigenvalue weighted by Crippen LogP contribution is 2.05. The average molecular weight is 167 g/mol. The molecule has 0 amide bonds. The summed E-state index contributed by atoms with van der Waals surface area (Å²) in [5, 5.41) is 4.26. The third-order valence-corrected chi connectivity index (χ3v) is 1.95. The highest BCUT2D eigenvalue weighted by Gasteiger charge is 2.02. The molecule has 1 heterocycles. The summed E-state index contributed by atoms with van der Waals surface area (Å²) in [6.07, 6.45) is 2.05. The van der Waals surface area contributed by atoms with E-state index in [9.17, 15) is 0 Å². The highest BCUT2D eigenvalue weighted by atomic mass is 15.3. The monoisotopic (exact) mass is 167 g/mol. The van der Waals surface area contributed by atoms with Crippen LogP contribution in [0, 0.1) is 6.92 Å². The molecule has 0 saturated carbocycles. The first kappa shape index (κ1) is 9.26. The first-order valence-electron chi connectivity index (χ1n) is 4.34. The van der Waals surface area contributed by atoms with E-state index < -0.39 is 0 Å². The largest absolute Gasteiger partial charge is 0.328 e. The van der Waals surface area contributed by atoms with Crippen molar-refractivity contribution in [2.75, 3.05) is 0 Å². The summed E-state index contributed by atoms with van der Waals surface area (Å²) in [6.45, 7) is 4.04. The number of nitrogens with two attached hydrogens (primary N) is 1. The zero-order valence-electron chi connectivity index (χ0n) is 8.04. The topological polar surface area (TPSA) is 43.8 Å². The molecule has 0 aliphatic rings. The van der Waals surface area contributed by atoms with Crippen molar-refractivity contribution < 1.29 is 0 Å². The minimum absolute atomic E-state index is 0.278. The molecule has 1 aromatic heterocycles. The highest BCUT2D eigenvalue weighted by molar-refractivity contribution is 5.08. The molecule has 0 aliphatic heterocycles. The van der Waals surface area contributed by atoms with Crippen LogP contribution in [-0.2, 0) is 13.5 Å². The van der Waals surface area contributed by atoms with Crippen molar-refractivity contribution in [2.45, 2.75) is 32.7 Å². The molecule has 0 bridgehead atoms. The molecule has 1 rings (SSSR count). The van der Waals surface area contributed by atoms with Gasteiger partial charge in [-0.2, -0.15) is 5.10 Å². The molecule has 0 aromatic carbocycles. The van der Waals surface area contributed by atoms with Crippen LogP contribution < -0.4 is 5.73 Å². The lowest BCUT2D eigenvalue weighted by Crippen LogP contribution is -2.16. The van der Waals surface area contributed by atoms with Gasteiger partial charge in [-0.25, -0.2) is 0 Å². The number of nitrogens with zero attached hydrogens (tertiary/aromatic N) is 2. The fraction of sp³-hybridized carbons (Fsp3) is 0.667. The Hall–Kier alpha value is -0.830. The van der Waals surface area contributed by atoms with E-state index in [1.807, 2.05) is 25.6 Å². The third kappa shape index (κ3) is 2.34. The number of aryl methyl sites for hydroxylation is 3. The van der Waals surface area contributed by atoms with Crippen molar-refractivity contribution >= 4 is 0 Å². The maximum absolute atomic E-state index is 5.67. The molecule has 1 aromatic rings. The van der Waals surface area contributed by atoms with Crippen LogP contribution in [0.25, 0.3) is 0 Å². The fourth-order valence-corrected chi connectivity index (χ4v) is 1.27. The van der Waals surface area contributed by atoms with Crippen LogP contribution >= 0.6 is 0 Å².